The highest BCUT2D eigenvalue weighted by atomic mass is 16.5. The Hall–Kier alpha value is -0.860. The fraction of sp³-hybridized carbons (Fsp3) is 0.538. The number of aryl methyl sites for hydroxylation is 2. The molecule has 2 nitrogen and oxygen atoms in total. The molecule has 1 aliphatic carbocycles. The Balaban J connectivity index is 1.99. The lowest BCUT2D eigenvalue weighted by molar-refractivity contribution is -0.0138. The summed E-state index contributed by atoms with van der Waals surface area (Å²) < 4.78 is 5.81. The van der Waals surface area contributed by atoms with Crippen molar-refractivity contribution in [1.82, 2.24) is 5.32 Å². The van der Waals surface area contributed by atoms with Crippen LogP contribution in [-0.4, -0.2) is 19.3 Å². The Morgan fingerprint density at radius 1 is 1.40 bits per heavy atom. The van der Waals surface area contributed by atoms with Gasteiger partial charge in [0.2, 0.25) is 0 Å². The molecule has 2 heteroatoms. The molecule has 0 amide bonds. The predicted molar refractivity (Wildman–Crippen MR) is 60.0 cm³/mol. The van der Waals surface area contributed by atoms with Crippen LogP contribution in [0.15, 0.2) is 18.2 Å². The molecule has 0 bridgehead atoms. The van der Waals surface area contributed by atoms with Crippen molar-refractivity contribution >= 4 is 0 Å². The number of hydrogen-bond donors (Lipinski definition) is 1. The summed E-state index contributed by atoms with van der Waals surface area (Å²) in [6.45, 7) is 4.01. The maximum Gasteiger partial charge on any atom is 0.0773 e. The summed E-state index contributed by atoms with van der Waals surface area (Å²) in [7, 11) is 0. The number of rotatable bonds is 0. The van der Waals surface area contributed by atoms with Gasteiger partial charge in [-0.15, -0.1) is 0 Å². The van der Waals surface area contributed by atoms with E-state index >= 15 is 0 Å². The third-order valence-electron chi connectivity index (χ3n) is 3.50. The van der Waals surface area contributed by atoms with Crippen LogP contribution in [0.5, 0.6) is 0 Å². The molecule has 1 aliphatic heterocycles. The van der Waals surface area contributed by atoms with E-state index in [0.29, 0.717) is 12.1 Å². The van der Waals surface area contributed by atoms with Gasteiger partial charge in [0.05, 0.1) is 18.8 Å². The van der Waals surface area contributed by atoms with Crippen LogP contribution in [-0.2, 0) is 11.2 Å². The first-order chi connectivity index (χ1) is 7.34. The highest BCUT2D eigenvalue weighted by Crippen LogP contribution is 2.33. The summed E-state index contributed by atoms with van der Waals surface area (Å²) in [5.74, 6) is 0. The van der Waals surface area contributed by atoms with Gasteiger partial charge in [-0.05, 0) is 30.9 Å². The van der Waals surface area contributed by atoms with Gasteiger partial charge in [-0.3, -0.25) is 0 Å². The van der Waals surface area contributed by atoms with Gasteiger partial charge in [0.25, 0.3) is 0 Å². The molecule has 0 spiro atoms. The van der Waals surface area contributed by atoms with E-state index in [-0.39, 0.29) is 0 Å². The van der Waals surface area contributed by atoms with E-state index in [2.05, 4.69) is 30.4 Å². The third kappa shape index (κ3) is 1.58. The molecule has 0 aromatic heterocycles. The summed E-state index contributed by atoms with van der Waals surface area (Å²) in [6, 6.07) is 7.23. The molecule has 2 aliphatic rings. The molecule has 80 valence electrons. The second kappa shape index (κ2) is 3.62. The molecule has 0 saturated carbocycles. The number of ether oxygens (including phenoxy) is 1. The van der Waals surface area contributed by atoms with Crippen LogP contribution in [0.1, 0.15) is 29.2 Å². The van der Waals surface area contributed by atoms with Gasteiger partial charge in [0.15, 0.2) is 0 Å². The first kappa shape index (κ1) is 9.37. The average molecular weight is 203 g/mol. The zero-order chi connectivity index (χ0) is 10.3. The molecule has 1 saturated heterocycles. The van der Waals surface area contributed by atoms with Crippen molar-refractivity contribution in [3.8, 4) is 0 Å². The third-order valence-corrected chi connectivity index (χ3v) is 3.50. The normalized spacial score (nSPS) is 29.4. The van der Waals surface area contributed by atoms with E-state index in [0.717, 1.165) is 19.6 Å². The summed E-state index contributed by atoms with van der Waals surface area (Å²) in [6.07, 6.45) is 2.72. The van der Waals surface area contributed by atoms with Crippen LogP contribution >= 0.6 is 0 Å². The molecule has 1 aromatic carbocycles. The van der Waals surface area contributed by atoms with Gasteiger partial charge in [-0.1, -0.05) is 23.8 Å². The quantitative estimate of drug-likeness (QED) is 0.696. The van der Waals surface area contributed by atoms with Crippen molar-refractivity contribution in [3.63, 3.8) is 0 Å². The minimum absolute atomic E-state index is 0.397. The van der Waals surface area contributed by atoms with Gasteiger partial charge in [0.1, 0.15) is 0 Å². The number of fused-ring (bicyclic) bond motifs is 3. The topological polar surface area (TPSA) is 21.3 Å². The molecule has 1 heterocycles. The molecule has 0 radical (unpaired) electrons. The average Bonchev–Trinajstić information content (AvgIpc) is 2.28. The fourth-order valence-electron chi connectivity index (χ4n) is 2.76. The highest BCUT2D eigenvalue weighted by molar-refractivity contribution is 5.37. The number of benzene rings is 1. The van der Waals surface area contributed by atoms with E-state index in [4.69, 9.17) is 4.74 Å². The van der Waals surface area contributed by atoms with E-state index in [1.165, 1.54) is 23.1 Å². The van der Waals surface area contributed by atoms with Gasteiger partial charge in [-0.2, -0.15) is 0 Å². The largest absolute Gasteiger partial charge is 0.375 e. The minimum atomic E-state index is 0.397. The standard InChI is InChI=1S/C13H17NO/c1-9-2-4-11-10(8-9)3-5-12-13(11)14-6-7-15-12/h2,4,8,12-14H,3,5-7H2,1H3. The Labute approximate surface area is 90.6 Å². The lowest BCUT2D eigenvalue weighted by atomic mass is 9.84. The number of morpholine rings is 1. The Bertz CT molecular complexity index is 375. The maximum absolute atomic E-state index is 5.81. The molecule has 2 atom stereocenters. The van der Waals surface area contributed by atoms with E-state index < -0.39 is 0 Å². The Kier molecular flexibility index (Phi) is 2.26. The Morgan fingerprint density at radius 3 is 3.27 bits per heavy atom. The van der Waals surface area contributed by atoms with Crippen LogP contribution in [0.3, 0.4) is 0 Å². The fourth-order valence-corrected chi connectivity index (χ4v) is 2.76. The predicted octanol–water partition coefficient (Wildman–Crippen LogP) is 1.97. The summed E-state index contributed by atoms with van der Waals surface area (Å²) in [5, 5.41) is 3.57. The number of nitrogens with one attached hydrogen (secondary N) is 1. The zero-order valence-corrected chi connectivity index (χ0v) is 9.12. The first-order valence-corrected chi connectivity index (χ1v) is 5.79. The van der Waals surface area contributed by atoms with Gasteiger partial charge >= 0.3 is 0 Å². The minimum Gasteiger partial charge on any atom is -0.375 e. The van der Waals surface area contributed by atoms with Crippen LogP contribution in [0.4, 0.5) is 0 Å². The number of hydrogen-bond acceptors (Lipinski definition) is 2. The smallest absolute Gasteiger partial charge is 0.0773 e. The van der Waals surface area contributed by atoms with Crippen molar-refractivity contribution in [2.75, 3.05) is 13.2 Å². The molecule has 1 aromatic rings. The molecule has 15 heavy (non-hydrogen) atoms. The summed E-state index contributed by atoms with van der Waals surface area (Å²) >= 11 is 0. The molecule has 2 unspecified atom stereocenters. The van der Waals surface area contributed by atoms with E-state index in [1.54, 1.807) is 0 Å². The van der Waals surface area contributed by atoms with E-state index in [9.17, 15) is 0 Å². The van der Waals surface area contributed by atoms with Crippen LogP contribution < -0.4 is 5.32 Å². The lowest BCUT2D eigenvalue weighted by Crippen LogP contribution is -2.44. The van der Waals surface area contributed by atoms with Crippen LogP contribution in [0.2, 0.25) is 0 Å². The zero-order valence-electron chi connectivity index (χ0n) is 9.12. The van der Waals surface area contributed by atoms with E-state index in [1.807, 2.05) is 0 Å². The molecule has 1 fully saturated rings. The van der Waals surface area contributed by atoms with Crippen LogP contribution in [0.25, 0.3) is 0 Å². The van der Waals surface area contributed by atoms with Crippen molar-refractivity contribution in [3.05, 3.63) is 34.9 Å². The highest BCUT2D eigenvalue weighted by Gasteiger charge is 2.31. The monoisotopic (exact) mass is 203 g/mol. The first-order valence-electron chi connectivity index (χ1n) is 5.79. The SMILES string of the molecule is Cc1ccc2c(c1)CCC1OCCNC21. The summed E-state index contributed by atoms with van der Waals surface area (Å²) in [4.78, 5) is 0. The molecular formula is C13H17NO. The van der Waals surface area contributed by atoms with Crippen molar-refractivity contribution in [1.29, 1.82) is 0 Å². The van der Waals surface area contributed by atoms with Crippen molar-refractivity contribution in [2.24, 2.45) is 0 Å². The lowest BCUT2D eigenvalue weighted by Gasteiger charge is -2.37. The Morgan fingerprint density at radius 2 is 2.33 bits per heavy atom. The van der Waals surface area contributed by atoms with Gasteiger partial charge in [-0.25, -0.2) is 0 Å². The molecule has 3 rings (SSSR count). The van der Waals surface area contributed by atoms with Crippen molar-refractivity contribution in [2.45, 2.75) is 31.9 Å². The van der Waals surface area contributed by atoms with Crippen LogP contribution in [0, 0.1) is 6.92 Å². The second-order valence-electron chi connectivity index (χ2n) is 4.58. The van der Waals surface area contributed by atoms with Crippen molar-refractivity contribution < 1.29 is 4.74 Å². The van der Waals surface area contributed by atoms with Gasteiger partial charge < -0.3 is 10.1 Å². The summed E-state index contributed by atoms with van der Waals surface area (Å²) in [5.41, 5.74) is 4.33. The molecule has 1 N–H and O–H groups in total. The second-order valence-corrected chi connectivity index (χ2v) is 4.58. The maximum atomic E-state index is 5.81. The van der Waals surface area contributed by atoms with Gasteiger partial charge in [0, 0.05) is 6.54 Å². The molecular weight excluding hydrogens is 186 g/mol.